The van der Waals surface area contributed by atoms with E-state index in [-0.39, 0.29) is 11.5 Å². The van der Waals surface area contributed by atoms with Gasteiger partial charge in [0.25, 0.3) is 5.56 Å². The van der Waals surface area contributed by atoms with Gasteiger partial charge in [0.05, 0.1) is 6.42 Å². The third kappa shape index (κ3) is 3.26. The van der Waals surface area contributed by atoms with Crippen molar-refractivity contribution in [2.75, 3.05) is 0 Å². The Balaban J connectivity index is 1.70. The lowest BCUT2D eigenvalue weighted by Crippen LogP contribution is -2.24. The number of fused-ring (bicyclic) bond motifs is 1. The third-order valence-corrected chi connectivity index (χ3v) is 4.38. The fraction of sp³-hybridized carbons (Fsp3) is 0.176. The Bertz CT molecular complexity index is 866. The molecule has 0 aliphatic rings. The summed E-state index contributed by atoms with van der Waals surface area (Å²) in [6.07, 6.45) is 0.414. The van der Waals surface area contributed by atoms with Crippen molar-refractivity contribution < 1.29 is 4.79 Å². The van der Waals surface area contributed by atoms with E-state index in [1.807, 2.05) is 41.8 Å². The minimum atomic E-state index is -0.0653. The second-order valence-electron chi connectivity index (χ2n) is 5.24. The van der Waals surface area contributed by atoms with Crippen LogP contribution in [0.4, 0.5) is 0 Å². The topological polar surface area (TPSA) is 62.0 Å². The second kappa shape index (κ2) is 6.15. The fourth-order valence-corrected chi connectivity index (χ4v) is 3.01. The maximum atomic E-state index is 11.9. The van der Waals surface area contributed by atoms with E-state index in [1.54, 1.807) is 18.3 Å². The van der Waals surface area contributed by atoms with Gasteiger partial charge in [-0.3, -0.25) is 9.59 Å². The molecule has 2 aromatic heterocycles. The summed E-state index contributed by atoms with van der Waals surface area (Å²) in [5.74, 6) is 0.0141. The predicted molar refractivity (Wildman–Crippen MR) is 89.2 cm³/mol. The molecule has 0 aliphatic carbocycles. The number of carbonyl (C=O) groups is 1. The zero-order chi connectivity index (χ0) is 15.5. The predicted octanol–water partition coefficient (Wildman–Crippen LogP) is 2.76. The number of nitrogens with one attached hydrogen (secondary N) is 2. The Labute approximate surface area is 131 Å². The van der Waals surface area contributed by atoms with Crippen molar-refractivity contribution in [2.24, 2.45) is 0 Å². The molecule has 3 rings (SSSR count). The molecule has 2 N–H and O–H groups in total. The van der Waals surface area contributed by atoms with Crippen molar-refractivity contribution in [1.29, 1.82) is 0 Å². The smallest absolute Gasteiger partial charge is 0.251 e. The Kier molecular flexibility index (Phi) is 4.06. The molecule has 1 amide bonds. The third-order valence-electron chi connectivity index (χ3n) is 3.50. The summed E-state index contributed by atoms with van der Waals surface area (Å²) in [5.41, 5.74) is 2.44. The molecule has 1 aromatic carbocycles. The van der Waals surface area contributed by atoms with Crippen LogP contribution in [0.5, 0.6) is 0 Å². The standard InChI is InChI=1S/C17H16N2O2S/c1-11-7-13-8-12(4-5-15(13)19-17(11)21)10-18-16(20)9-14-3-2-6-22-14/h2-8H,9-10H2,1H3,(H,18,20)(H,19,21). The van der Waals surface area contributed by atoms with Crippen LogP contribution < -0.4 is 10.9 Å². The molecular formula is C17H16N2O2S. The summed E-state index contributed by atoms with van der Waals surface area (Å²) in [5, 5.41) is 5.87. The number of aromatic amines is 1. The number of hydrogen-bond acceptors (Lipinski definition) is 3. The summed E-state index contributed by atoms with van der Waals surface area (Å²) in [6.45, 7) is 2.27. The van der Waals surface area contributed by atoms with Crippen LogP contribution in [0.25, 0.3) is 10.9 Å². The minimum absolute atomic E-state index is 0.0141. The van der Waals surface area contributed by atoms with Gasteiger partial charge in [-0.2, -0.15) is 0 Å². The first kappa shape index (κ1) is 14.5. The summed E-state index contributed by atoms with van der Waals surface area (Å²) in [6, 6.07) is 11.5. The van der Waals surface area contributed by atoms with Gasteiger partial charge in [-0.25, -0.2) is 0 Å². The van der Waals surface area contributed by atoms with Crippen LogP contribution in [-0.4, -0.2) is 10.9 Å². The number of aromatic nitrogens is 1. The first-order valence-corrected chi connectivity index (χ1v) is 7.91. The van der Waals surface area contributed by atoms with Crippen molar-refractivity contribution >= 4 is 28.1 Å². The Hall–Kier alpha value is -2.40. The van der Waals surface area contributed by atoms with Gasteiger partial charge in [-0.1, -0.05) is 12.1 Å². The van der Waals surface area contributed by atoms with Crippen LogP contribution in [-0.2, 0) is 17.8 Å². The molecule has 22 heavy (non-hydrogen) atoms. The summed E-state index contributed by atoms with van der Waals surface area (Å²) in [7, 11) is 0. The molecule has 0 bridgehead atoms. The molecule has 2 heterocycles. The molecular weight excluding hydrogens is 296 g/mol. The van der Waals surface area contributed by atoms with Crippen molar-refractivity contribution in [1.82, 2.24) is 10.3 Å². The van der Waals surface area contributed by atoms with Crippen molar-refractivity contribution in [3.63, 3.8) is 0 Å². The lowest BCUT2D eigenvalue weighted by Gasteiger charge is -2.06. The molecule has 0 unspecified atom stereocenters. The normalized spacial score (nSPS) is 10.8. The maximum absolute atomic E-state index is 11.9. The van der Waals surface area contributed by atoms with Crippen LogP contribution >= 0.6 is 11.3 Å². The fourth-order valence-electron chi connectivity index (χ4n) is 2.31. The lowest BCUT2D eigenvalue weighted by molar-refractivity contribution is -0.120. The summed E-state index contributed by atoms with van der Waals surface area (Å²) < 4.78 is 0. The molecule has 0 saturated carbocycles. The molecule has 5 heteroatoms. The number of aryl methyl sites for hydroxylation is 1. The first-order chi connectivity index (χ1) is 10.6. The quantitative estimate of drug-likeness (QED) is 0.778. The molecule has 0 aliphatic heterocycles. The molecule has 4 nitrogen and oxygen atoms in total. The SMILES string of the molecule is Cc1cc2cc(CNC(=O)Cc3cccs3)ccc2[nH]c1=O. The number of benzene rings is 1. The molecule has 0 radical (unpaired) electrons. The second-order valence-corrected chi connectivity index (χ2v) is 6.27. The van der Waals surface area contributed by atoms with E-state index in [0.717, 1.165) is 21.3 Å². The summed E-state index contributed by atoms with van der Waals surface area (Å²) >= 11 is 1.58. The van der Waals surface area contributed by atoms with Gasteiger partial charge in [0.15, 0.2) is 0 Å². The van der Waals surface area contributed by atoms with Gasteiger partial charge in [-0.15, -0.1) is 11.3 Å². The number of amides is 1. The zero-order valence-electron chi connectivity index (χ0n) is 12.2. The van der Waals surface area contributed by atoms with Crippen molar-refractivity contribution in [3.05, 3.63) is 68.1 Å². The van der Waals surface area contributed by atoms with Crippen molar-refractivity contribution in [2.45, 2.75) is 19.9 Å². The molecule has 112 valence electrons. The van der Waals surface area contributed by atoms with Gasteiger partial charge in [0.1, 0.15) is 0 Å². The van der Waals surface area contributed by atoms with E-state index in [9.17, 15) is 9.59 Å². The molecule has 0 atom stereocenters. The number of thiophene rings is 1. The van der Waals surface area contributed by atoms with Gasteiger partial charge in [-0.05, 0) is 47.5 Å². The van der Waals surface area contributed by atoms with Crippen LogP contribution in [0, 0.1) is 6.92 Å². The van der Waals surface area contributed by atoms with E-state index in [4.69, 9.17) is 0 Å². The monoisotopic (exact) mass is 312 g/mol. The van der Waals surface area contributed by atoms with Crippen molar-refractivity contribution in [3.8, 4) is 0 Å². The Morgan fingerprint density at radius 3 is 2.91 bits per heavy atom. The number of H-pyrrole nitrogens is 1. The van der Waals surface area contributed by atoms with Crippen LogP contribution in [0.1, 0.15) is 16.0 Å². The number of carbonyl (C=O) groups excluding carboxylic acids is 1. The van der Waals surface area contributed by atoms with Gasteiger partial charge in [0, 0.05) is 22.5 Å². The number of pyridine rings is 1. The highest BCUT2D eigenvalue weighted by molar-refractivity contribution is 7.10. The van der Waals surface area contributed by atoms with E-state index >= 15 is 0 Å². The summed E-state index contributed by atoms with van der Waals surface area (Å²) in [4.78, 5) is 27.4. The van der Waals surface area contributed by atoms with Crippen LogP contribution in [0.2, 0.25) is 0 Å². The van der Waals surface area contributed by atoms with E-state index < -0.39 is 0 Å². The highest BCUT2D eigenvalue weighted by Crippen LogP contribution is 2.14. The zero-order valence-corrected chi connectivity index (χ0v) is 13.0. The highest BCUT2D eigenvalue weighted by Gasteiger charge is 2.05. The average molecular weight is 312 g/mol. The minimum Gasteiger partial charge on any atom is -0.352 e. The highest BCUT2D eigenvalue weighted by atomic mass is 32.1. The first-order valence-electron chi connectivity index (χ1n) is 7.03. The van der Waals surface area contributed by atoms with E-state index in [0.29, 0.717) is 18.5 Å². The van der Waals surface area contributed by atoms with Gasteiger partial charge in [0.2, 0.25) is 5.91 Å². The average Bonchev–Trinajstić information content (AvgIpc) is 2.99. The Morgan fingerprint density at radius 1 is 1.27 bits per heavy atom. The lowest BCUT2D eigenvalue weighted by atomic mass is 10.1. The largest absolute Gasteiger partial charge is 0.352 e. The van der Waals surface area contributed by atoms with Crippen LogP contribution in [0.3, 0.4) is 0 Å². The van der Waals surface area contributed by atoms with E-state index in [2.05, 4.69) is 10.3 Å². The number of hydrogen-bond donors (Lipinski definition) is 2. The van der Waals surface area contributed by atoms with Crippen LogP contribution in [0.15, 0.2) is 46.6 Å². The van der Waals surface area contributed by atoms with Gasteiger partial charge >= 0.3 is 0 Å². The molecule has 0 saturated heterocycles. The molecule has 3 aromatic rings. The molecule has 0 spiro atoms. The maximum Gasteiger partial charge on any atom is 0.251 e. The van der Waals surface area contributed by atoms with Gasteiger partial charge < -0.3 is 10.3 Å². The number of rotatable bonds is 4. The van der Waals surface area contributed by atoms with E-state index in [1.165, 1.54) is 0 Å². The molecule has 0 fully saturated rings. The Morgan fingerprint density at radius 2 is 2.14 bits per heavy atom.